The van der Waals surface area contributed by atoms with Crippen LogP contribution in [0.5, 0.6) is 5.75 Å². The molecule has 0 bridgehead atoms. The fourth-order valence-corrected chi connectivity index (χ4v) is 3.97. The van der Waals surface area contributed by atoms with Crippen LogP contribution in [0.2, 0.25) is 10.0 Å². The highest BCUT2D eigenvalue weighted by molar-refractivity contribution is 6.31. The Hall–Kier alpha value is -3.02. The van der Waals surface area contributed by atoms with Gasteiger partial charge in [0.1, 0.15) is 11.8 Å². The normalized spacial score (nSPS) is 12.1. The molecule has 2 amide bonds. The van der Waals surface area contributed by atoms with E-state index in [1.807, 2.05) is 70.2 Å². The lowest BCUT2D eigenvalue weighted by molar-refractivity contribution is -0.143. The molecule has 7 heteroatoms. The maximum absolute atomic E-state index is 13.6. The molecule has 0 saturated heterocycles. The zero-order valence-electron chi connectivity index (χ0n) is 21.1. The molecule has 36 heavy (non-hydrogen) atoms. The fraction of sp³-hybridized carbons (Fsp3) is 0.310. The van der Waals surface area contributed by atoms with Crippen LogP contribution in [0.25, 0.3) is 0 Å². The number of hydrogen-bond donors (Lipinski definition) is 1. The van der Waals surface area contributed by atoms with Crippen molar-refractivity contribution in [1.82, 2.24) is 10.2 Å². The Morgan fingerprint density at radius 3 is 2.22 bits per heavy atom. The molecular weight excluding hydrogens is 495 g/mol. The molecule has 0 spiro atoms. The van der Waals surface area contributed by atoms with Gasteiger partial charge in [-0.25, -0.2) is 0 Å². The summed E-state index contributed by atoms with van der Waals surface area (Å²) >= 11 is 12.2. The van der Waals surface area contributed by atoms with Crippen LogP contribution in [0.15, 0.2) is 72.8 Å². The molecule has 0 aliphatic carbocycles. The lowest BCUT2D eigenvalue weighted by atomic mass is 10.0. The van der Waals surface area contributed by atoms with Crippen LogP contribution in [0.4, 0.5) is 0 Å². The summed E-state index contributed by atoms with van der Waals surface area (Å²) in [5.74, 6) is 0.00833. The average molecular weight is 527 g/mol. The first kappa shape index (κ1) is 27.6. The summed E-state index contributed by atoms with van der Waals surface area (Å²) in [5, 5.41) is 4.27. The predicted molar refractivity (Wildman–Crippen MR) is 146 cm³/mol. The van der Waals surface area contributed by atoms with Gasteiger partial charge in [-0.05, 0) is 74.7 Å². The van der Waals surface area contributed by atoms with E-state index < -0.39 is 11.6 Å². The molecule has 0 radical (unpaired) electrons. The van der Waals surface area contributed by atoms with Crippen LogP contribution in [0.3, 0.4) is 0 Å². The Bertz CT molecular complexity index is 1180. The monoisotopic (exact) mass is 526 g/mol. The highest BCUT2D eigenvalue weighted by Crippen LogP contribution is 2.22. The minimum Gasteiger partial charge on any atom is -0.484 e. The summed E-state index contributed by atoms with van der Waals surface area (Å²) in [6, 6.07) is 21.4. The van der Waals surface area contributed by atoms with Gasteiger partial charge in [0, 0.05) is 28.5 Å². The van der Waals surface area contributed by atoms with E-state index in [9.17, 15) is 9.59 Å². The Labute approximate surface area is 223 Å². The van der Waals surface area contributed by atoms with E-state index in [4.69, 9.17) is 27.9 Å². The molecule has 0 heterocycles. The van der Waals surface area contributed by atoms with Gasteiger partial charge in [-0.3, -0.25) is 9.59 Å². The molecule has 5 nitrogen and oxygen atoms in total. The van der Waals surface area contributed by atoms with Crippen LogP contribution in [0.1, 0.15) is 37.5 Å². The Morgan fingerprint density at radius 1 is 0.944 bits per heavy atom. The number of halogens is 2. The van der Waals surface area contributed by atoms with Crippen molar-refractivity contribution in [2.45, 2.75) is 52.2 Å². The number of hydrogen-bond acceptors (Lipinski definition) is 3. The second kappa shape index (κ2) is 12.3. The Kier molecular flexibility index (Phi) is 9.41. The topological polar surface area (TPSA) is 58.6 Å². The minimum atomic E-state index is -0.745. The van der Waals surface area contributed by atoms with Gasteiger partial charge in [0.25, 0.3) is 5.91 Å². The lowest BCUT2D eigenvalue weighted by Crippen LogP contribution is -2.55. The van der Waals surface area contributed by atoms with Crippen molar-refractivity contribution in [2.24, 2.45) is 0 Å². The summed E-state index contributed by atoms with van der Waals surface area (Å²) in [6.07, 6.45) is 0.363. The number of rotatable bonds is 9. The first-order valence-corrected chi connectivity index (χ1v) is 12.6. The molecule has 0 fully saturated rings. The summed E-state index contributed by atoms with van der Waals surface area (Å²) in [7, 11) is 0. The van der Waals surface area contributed by atoms with Gasteiger partial charge in [0.2, 0.25) is 5.91 Å². The number of carbonyl (C=O) groups is 2. The molecule has 3 rings (SSSR count). The lowest BCUT2D eigenvalue weighted by Gasteiger charge is -2.33. The van der Waals surface area contributed by atoms with E-state index in [1.165, 1.54) is 0 Å². The van der Waals surface area contributed by atoms with Crippen LogP contribution in [0, 0.1) is 6.92 Å². The number of aryl methyl sites for hydroxylation is 1. The van der Waals surface area contributed by atoms with Crippen molar-refractivity contribution in [1.29, 1.82) is 0 Å². The second-order valence-electron chi connectivity index (χ2n) is 9.79. The van der Waals surface area contributed by atoms with E-state index in [0.29, 0.717) is 22.2 Å². The highest BCUT2D eigenvalue weighted by Gasteiger charge is 2.32. The largest absolute Gasteiger partial charge is 0.484 e. The first-order chi connectivity index (χ1) is 17.0. The van der Waals surface area contributed by atoms with Crippen molar-refractivity contribution in [3.63, 3.8) is 0 Å². The second-order valence-corrected chi connectivity index (χ2v) is 10.6. The van der Waals surface area contributed by atoms with E-state index in [2.05, 4.69) is 5.32 Å². The molecule has 0 aromatic heterocycles. The number of nitrogens with zero attached hydrogens (tertiary/aromatic N) is 1. The van der Waals surface area contributed by atoms with Gasteiger partial charge in [-0.15, -0.1) is 0 Å². The van der Waals surface area contributed by atoms with Gasteiger partial charge in [0.15, 0.2) is 6.61 Å². The maximum atomic E-state index is 13.6. The molecule has 1 N–H and O–H groups in total. The standard InChI is InChI=1S/C29H32Cl2N2O3/c1-20-16-24(14-15-25(20)31)36-19-27(34)33(18-22-10-12-23(30)13-11-22)26(28(35)32-29(2,3)4)17-21-8-6-5-7-9-21/h5-16,26H,17-19H2,1-4H3,(H,32,35)/t26-/m0/s1. The minimum absolute atomic E-state index is 0.219. The maximum Gasteiger partial charge on any atom is 0.261 e. The van der Waals surface area contributed by atoms with E-state index >= 15 is 0 Å². The Balaban J connectivity index is 1.92. The molecular formula is C29H32Cl2N2O3. The van der Waals surface area contributed by atoms with Gasteiger partial charge in [-0.2, -0.15) is 0 Å². The number of ether oxygens (including phenoxy) is 1. The van der Waals surface area contributed by atoms with Crippen molar-refractivity contribution in [3.05, 3.63) is 99.5 Å². The van der Waals surface area contributed by atoms with Gasteiger partial charge >= 0.3 is 0 Å². The molecule has 0 unspecified atom stereocenters. The molecule has 190 valence electrons. The fourth-order valence-electron chi connectivity index (χ4n) is 3.73. The molecule has 0 saturated carbocycles. The van der Waals surface area contributed by atoms with Gasteiger partial charge in [0.05, 0.1) is 0 Å². The SMILES string of the molecule is Cc1cc(OCC(=O)N(Cc2ccc(Cl)cc2)[C@@H](Cc2ccccc2)C(=O)NC(C)(C)C)ccc1Cl. The third-order valence-corrected chi connectivity index (χ3v) is 6.20. The number of nitrogens with one attached hydrogen (secondary N) is 1. The summed E-state index contributed by atoms with van der Waals surface area (Å²) < 4.78 is 5.82. The zero-order chi connectivity index (χ0) is 26.3. The zero-order valence-corrected chi connectivity index (χ0v) is 22.6. The van der Waals surface area contributed by atoms with Crippen LogP contribution < -0.4 is 10.1 Å². The molecule has 0 aliphatic rings. The third kappa shape index (κ3) is 8.28. The van der Waals surface area contributed by atoms with Crippen molar-refractivity contribution >= 4 is 35.0 Å². The van der Waals surface area contributed by atoms with E-state index in [1.54, 1.807) is 35.2 Å². The van der Waals surface area contributed by atoms with Crippen molar-refractivity contribution in [3.8, 4) is 5.75 Å². The molecule has 0 aliphatic heterocycles. The number of benzene rings is 3. The van der Waals surface area contributed by atoms with Crippen molar-refractivity contribution in [2.75, 3.05) is 6.61 Å². The van der Waals surface area contributed by atoms with Crippen LogP contribution in [-0.2, 0) is 22.6 Å². The van der Waals surface area contributed by atoms with Crippen LogP contribution in [-0.4, -0.2) is 34.9 Å². The van der Waals surface area contributed by atoms with E-state index in [-0.39, 0.29) is 25.0 Å². The van der Waals surface area contributed by atoms with E-state index in [0.717, 1.165) is 16.7 Å². The summed E-state index contributed by atoms with van der Waals surface area (Å²) in [6.45, 7) is 7.64. The molecule has 1 atom stereocenters. The smallest absolute Gasteiger partial charge is 0.261 e. The summed E-state index contributed by atoms with van der Waals surface area (Å²) in [5.41, 5.74) is 2.20. The third-order valence-electron chi connectivity index (χ3n) is 5.53. The number of amides is 2. The highest BCUT2D eigenvalue weighted by atomic mass is 35.5. The summed E-state index contributed by atoms with van der Waals surface area (Å²) in [4.78, 5) is 28.7. The Morgan fingerprint density at radius 2 is 1.61 bits per heavy atom. The van der Waals surface area contributed by atoms with Crippen molar-refractivity contribution < 1.29 is 14.3 Å². The quantitative estimate of drug-likeness (QED) is 0.359. The van der Waals surface area contributed by atoms with Crippen LogP contribution >= 0.6 is 23.2 Å². The number of carbonyl (C=O) groups excluding carboxylic acids is 2. The predicted octanol–water partition coefficient (Wildman–Crippen LogP) is 6.24. The molecule has 3 aromatic rings. The average Bonchev–Trinajstić information content (AvgIpc) is 2.82. The van der Waals surface area contributed by atoms with Gasteiger partial charge < -0.3 is 15.0 Å². The van der Waals surface area contributed by atoms with Gasteiger partial charge in [-0.1, -0.05) is 65.7 Å². The first-order valence-electron chi connectivity index (χ1n) is 11.8. The molecule has 3 aromatic carbocycles.